The summed E-state index contributed by atoms with van der Waals surface area (Å²) in [5.74, 6) is 0.234. The van der Waals surface area contributed by atoms with Gasteiger partial charge in [0.2, 0.25) is 0 Å². The lowest BCUT2D eigenvalue weighted by Crippen LogP contribution is -2.31. The number of amides is 1. The van der Waals surface area contributed by atoms with Gasteiger partial charge in [-0.2, -0.15) is 9.78 Å². The highest BCUT2D eigenvalue weighted by atomic mass is 19.1. The maximum atomic E-state index is 13.9. The Kier molecular flexibility index (Phi) is 4.30. The number of rotatable bonds is 5. The number of anilines is 1. The van der Waals surface area contributed by atoms with E-state index in [-0.39, 0.29) is 17.6 Å². The summed E-state index contributed by atoms with van der Waals surface area (Å²) in [7, 11) is 0. The molecule has 1 fully saturated rings. The van der Waals surface area contributed by atoms with Crippen LogP contribution in [0.1, 0.15) is 16.9 Å². The largest absolute Gasteiger partial charge is 0.369 e. The van der Waals surface area contributed by atoms with Crippen LogP contribution in [0.15, 0.2) is 36.7 Å². The van der Waals surface area contributed by atoms with Gasteiger partial charge in [0.1, 0.15) is 17.8 Å². The van der Waals surface area contributed by atoms with Gasteiger partial charge in [-0.1, -0.05) is 12.1 Å². The van der Waals surface area contributed by atoms with Crippen LogP contribution in [0.5, 0.6) is 0 Å². The quantitative estimate of drug-likeness (QED) is 0.700. The minimum absolute atomic E-state index is 0.218. The third kappa shape index (κ3) is 3.25. The van der Waals surface area contributed by atoms with E-state index in [0.29, 0.717) is 30.3 Å². The van der Waals surface area contributed by atoms with E-state index in [2.05, 4.69) is 31.0 Å². The number of halogens is 1. The van der Waals surface area contributed by atoms with E-state index in [4.69, 9.17) is 0 Å². The first-order chi connectivity index (χ1) is 12.7. The van der Waals surface area contributed by atoms with E-state index >= 15 is 0 Å². The number of H-pyrrole nitrogens is 1. The Labute approximate surface area is 148 Å². The molecule has 10 heteroatoms. The van der Waals surface area contributed by atoms with Crippen LogP contribution in [0, 0.1) is 11.7 Å². The van der Waals surface area contributed by atoms with Crippen LogP contribution in [-0.4, -0.2) is 55.9 Å². The van der Waals surface area contributed by atoms with Crippen molar-refractivity contribution in [2.24, 2.45) is 5.92 Å². The number of benzene rings is 1. The fourth-order valence-corrected chi connectivity index (χ4v) is 3.07. The molecule has 26 heavy (non-hydrogen) atoms. The molecule has 1 amide bonds. The Balaban J connectivity index is 1.32. The molecular formula is C16H17FN8O. The standard InChI is InChI=1S/C16H17FN8O/c17-12-3-1-2-4-14(12)24-6-5-11(9-24)8-18-16(26)13-7-15(21-20-13)25-10-19-22-23-25/h1-4,7,10-11H,5-6,8-9H2,(H,18,26)(H,20,21). The molecular weight excluding hydrogens is 339 g/mol. The second kappa shape index (κ2) is 6.90. The predicted molar refractivity (Wildman–Crippen MR) is 90.4 cm³/mol. The first-order valence-electron chi connectivity index (χ1n) is 8.27. The summed E-state index contributed by atoms with van der Waals surface area (Å²) in [6.07, 6.45) is 2.29. The van der Waals surface area contributed by atoms with Gasteiger partial charge in [0.25, 0.3) is 5.91 Å². The number of aromatic amines is 1. The van der Waals surface area contributed by atoms with Gasteiger partial charge in [-0.25, -0.2) is 4.39 Å². The van der Waals surface area contributed by atoms with Gasteiger partial charge in [-0.05, 0) is 34.9 Å². The summed E-state index contributed by atoms with van der Waals surface area (Å²) in [5, 5.41) is 20.3. The van der Waals surface area contributed by atoms with Crippen LogP contribution < -0.4 is 10.2 Å². The smallest absolute Gasteiger partial charge is 0.269 e. The summed E-state index contributed by atoms with van der Waals surface area (Å²) >= 11 is 0. The molecule has 0 spiro atoms. The van der Waals surface area contributed by atoms with Crippen molar-refractivity contribution in [3.8, 4) is 5.82 Å². The Morgan fingerprint density at radius 3 is 3.08 bits per heavy atom. The fourth-order valence-electron chi connectivity index (χ4n) is 3.07. The molecule has 2 N–H and O–H groups in total. The van der Waals surface area contributed by atoms with Crippen LogP contribution in [0.25, 0.3) is 5.82 Å². The van der Waals surface area contributed by atoms with E-state index in [1.807, 2.05) is 11.0 Å². The number of carbonyl (C=O) groups excluding carboxylic acids is 1. The van der Waals surface area contributed by atoms with Gasteiger partial charge in [0, 0.05) is 25.7 Å². The lowest BCUT2D eigenvalue weighted by molar-refractivity contribution is 0.0943. The Morgan fingerprint density at radius 1 is 1.38 bits per heavy atom. The molecule has 1 aliphatic rings. The molecule has 1 aromatic carbocycles. The summed E-state index contributed by atoms with van der Waals surface area (Å²) in [6.45, 7) is 2.00. The SMILES string of the molecule is O=C(NCC1CCN(c2ccccc2F)C1)c1cc(-n2cnnn2)n[nH]1. The van der Waals surface area contributed by atoms with Crippen molar-refractivity contribution in [3.63, 3.8) is 0 Å². The van der Waals surface area contributed by atoms with E-state index < -0.39 is 0 Å². The maximum Gasteiger partial charge on any atom is 0.269 e. The third-order valence-electron chi connectivity index (χ3n) is 4.42. The summed E-state index contributed by atoms with van der Waals surface area (Å²) in [6, 6.07) is 8.33. The zero-order valence-electron chi connectivity index (χ0n) is 13.8. The van der Waals surface area contributed by atoms with E-state index in [1.165, 1.54) is 17.1 Å². The first-order valence-corrected chi connectivity index (χ1v) is 8.27. The number of tetrazole rings is 1. The van der Waals surface area contributed by atoms with Crippen molar-refractivity contribution < 1.29 is 9.18 Å². The molecule has 4 rings (SSSR count). The highest BCUT2D eigenvalue weighted by molar-refractivity contribution is 5.92. The normalized spacial score (nSPS) is 16.8. The average molecular weight is 356 g/mol. The maximum absolute atomic E-state index is 13.9. The first kappa shape index (κ1) is 16.2. The number of nitrogens with zero attached hydrogens (tertiary/aromatic N) is 6. The summed E-state index contributed by atoms with van der Waals surface area (Å²) in [5.41, 5.74) is 0.945. The molecule has 9 nitrogen and oxygen atoms in total. The molecule has 0 aliphatic carbocycles. The second-order valence-electron chi connectivity index (χ2n) is 6.16. The van der Waals surface area contributed by atoms with Gasteiger partial charge in [0.15, 0.2) is 5.82 Å². The minimum Gasteiger partial charge on any atom is -0.369 e. The lowest BCUT2D eigenvalue weighted by Gasteiger charge is -2.19. The monoisotopic (exact) mass is 356 g/mol. The summed E-state index contributed by atoms with van der Waals surface area (Å²) in [4.78, 5) is 14.3. The topological polar surface area (TPSA) is 105 Å². The van der Waals surface area contributed by atoms with E-state index in [1.54, 1.807) is 18.2 Å². The highest BCUT2D eigenvalue weighted by Crippen LogP contribution is 2.25. The van der Waals surface area contributed by atoms with Gasteiger partial charge < -0.3 is 10.2 Å². The highest BCUT2D eigenvalue weighted by Gasteiger charge is 2.25. The lowest BCUT2D eigenvalue weighted by atomic mass is 10.1. The Hall–Kier alpha value is -3.30. The minimum atomic E-state index is -0.249. The van der Waals surface area contributed by atoms with Crippen molar-refractivity contribution in [2.75, 3.05) is 24.5 Å². The molecule has 1 unspecified atom stereocenters. The molecule has 3 heterocycles. The molecule has 0 radical (unpaired) electrons. The van der Waals surface area contributed by atoms with Crippen molar-refractivity contribution in [2.45, 2.75) is 6.42 Å². The van der Waals surface area contributed by atoms with Gasteiger partial charge >= 0.3 is 0 Å². The summed E-state index contributed by atoms with van der Waals surface area (Å²) < 4.78 is 15.2. The number of hydrogen-bond acceptors (Lipinski definition) is 6. The number of nitrogens with one attached hydrogen (secondary N) is 2. The Bertz CT molecular complexity index is 893. The second-order valence-corrected chi connectivity index (χ2v) is 6.16. The van der Waals surface area contributed by atoms with Crippen molar-refractivity contribution >= 4 is 11.6 Å². The average Bonchev–Trinajstić information content (AvgIpc) is 3.40. The van der Waals surface area contributed by atoms with Crippen LogP contribution in [0.3, 0.4) is 0 Å². The number of aromatic nitrogens is 6. The van der Waals surface area contributed by atoms with Crippen LogP contribution in [-0.2, 0) is 0 Å². The molecule has 3 aromatic rings. The van der Waals surface area contributed by atoms with Crippen molar-refractivity contribution in [1.82, 2.24) is 35.7 Å². The van der Waals surface area contributed by atoms with Gasteiger partial charge in [-0.15, -0.1) is 5.10 Å². The van der Waals surface area contributed by atoms with E-state index in [0.717, 1.165) is 13.0 Å². The predicted octanol–water partition coefficient (Wildman–Crippen LogP) is 0.781. The molecule has 1 saturated heterocycles. The molecule has 0 bridgehead atoms. The van der Waals surface area contributed by atoms with Gasteiger partial charge in [-0.3, -0.25) is 9.89 Å². The van der Waals surface area contributed by atoms with Crippen molar-refractivity contribution in [1.29, 1.82) is 0 Å². The Morgan fingerprint density at radius 2 is 2.27 bits per heavy atom. The van der Waals surface area contributed by atoms with Crippen LogP contribution in [0.2, 0.25) is 0 Å². The molecule has 2 aromatic heterocycles. The zero-order valence-corrected chi connectivity index (χ0v) is 13.8. The number of hydrogen-bond donors (Lipinski definition) is 2. The zero-order chi connectivity index (χ0) is 17.9. The third-order valence-corrected chi connectivity index (χ3v) is 4.42. The molecule has 0 saturated carbocycles. The van der Waals surface area contributed by atoms with Crippen LogP contribution >= 0.6 is 0 Å². The number of carbonyl (C=O) groups is 1. The fraction of sp³-hybridized carbons (Fsp3) is 0.312. The molecule has 1 aliphatic heterocycles. The number of para-hydroxylation sites is 1. The van der Waals surface area contributed by atoms with Gasteiger partial charge in [0.05, 0.1) is 5.69 Å². The van der Waals surface area contributed by atoms with Crippen LogP contribution in [0.4, 0.5) is 10.1 Å². The molecule has 134 valence electrons. The molecule has 1 atom stereocenters. The van der Waals surface area contributed by atoms with Crippen molar-refractivity contribution in [3.05, 3.63) is 48.2 Å². The van der Waals surface area contributed by atoms with E-state index in [9.17, 15) is 9.18 Å².